The molecular weight excluding hydrogens is 247 g/mol. The number of amides is 1. The lowest BCUT2D eigenvalue weighted by molar-refractivity contribution is -0.274. The maximum Gasteiger partial charge on any atom is 0.573 e. The van der Waals surface area contributed by atoms with E-state index >= 15 is 0 Å². The van der Waals surface area contributed by atoms with Crippen molar-refractivity contribution in [2.45, 2.75) is 31.7 Å². The van der Waals surface area contributed by atoms with Gasteiger partial charge in [-0.05, 0) is 30.5 Å². The van der Waals surface area contributed by atoms with Crippen LogP contribution >= 0.6 is 0 Å². The first-order valence-corrected chi connectivity index (χ1v) is 5.46. The minimum absolute atomic E-state index is 0.150. The number of benzene rings is 1. The summed E-state index contributed by atoms with van der Waals surface area (Å²) < 4.78 is 39.7. The summed E-state index contributed by atoms with van der Waals surface area (Å²) in [6.45, 7) is 1.42. The number of ether oxygens (including phenoxy) is 1. The Kier molecular flexibility index (Phi) is 2.96. The molecule has 2 rings (SSSR count). The van der Waals surface area contributed by atoms with Gasteiger partial charge in [-0.2, -0.15) is 0 Å². The molecule has 0 radical (unpaired) electrons. The quantitative estimate of drug-likeness (QED) is 0.906. The number of hydrogen-bond acceptors (Lipinski definition) is 2. The van der Waals surface area contributed by atoms with Crippen LogP contribution < -0.4 is 10.1 Å². The Bertz CT molecular complexity index is 449. The maximum absolute atomic E-state index is 12.0. The Morgan fingerprint density at radius 3 is 2.22 bits per heavy atom. The summed E-state index contributed by atoms with van der Waals surface area (Å²) in [5.41, 5.74) is 0.398. The fourth-order valence-electron chi connectivity index (χ4n) is 1.92. The van der Waals surface area contributed by atoms with Crippen LogP contribution in [0.2, 0.25) is 0 Å². The first-order valence-electron chi connectivity index (χ1n) is 5.46. The lowest BCUT2D eigenvalue weighted by Crippen LogP contribution is -2.32. The minimum atomic E-state index is -4.68. The van der Waals surface area contributed by atoms with Crippen LogP contribution in [0.5, 0.6) is 5.75 Å². The van der Waals surface area contributed by atoms with Crippen molar-refractivity contribution in [3.63, 3.8) is 0 Å². The average molecular weight is 259 g/mol. The summed E-state index contributed by atoms with van der Waals surface area (Å²) in [6.07, 6.45) is -3.09. The molecule has 1 amide bonds. The molecule has 6 heteroatoms. The van der Waals surface area contributed by atoms with Gasteiger partial charge in [0.2, 0.25) is 5.91 Å². The molecule has 0 bridgehead atoms. The van der Waals surface area contributed by atoms with Crippen molar-refractivity contribution >= 4 is 5.91 Å². The Balaban J connectivity index is 2.11. The molecule has 98 valence electrons. The largest absolute Gasteiger partial charge is 0.573 e. The summed E-state index contributed by atoms with van der Waals surface area (Å²) in [5.74, 6) is -0.409. The first-order chi connectivity index (χ1) is 8.31. The van der Waals surface area contributed by atoms with Crippen molar-refractivity contribution in [3.8, 4) is 5.75 Å². The third kappa shape index (κ3) is 2.94. The van der Waals surface area contributed by atoms with Crippen molar-refractivity contribution in [2.24, 2.45) is 0 Å². The van der Waals surface area contributed by atoms with E-state index < -0.39 is 11.9 Å². The molecule has 1 saturated carbocycles. The molecule has 0 saturated heterocycles. The SMILES string of the molecule is CC(=O)NC1(c2ccc(OC(F)(F)F)cc2)CC1. The van der Waals surface area contributed by atoms with Gasteiger partial charge in [-0.25, -0.2) is 0 Å². The number of halogens is 3. The van der Waals surface area contributed by atoms with Crippen LogP contribution in [-0.2, 0) is 10.3 Å². The van der Waals surface area contributed by atoms with E-state index in [0.717, 1.165) is 18.4 Å². The summed E-state index contributed by atoms with van der Waals surface area (Å²) in [6, 6.07) is 5.60. The smallest absolute Gasteiger partial charge is 0.406 e. The number of carbonyl (C=O) groups is 1. The molecule has 0 aromatic heterocycles. The number of alkyl halides is 3. The predicted molar refractivity (Wildman–Crippen MR) is 57.9 cm³/mol. The van der Waals surface area contributed by atoms with Crippen molar-refractivity contribution in [3.05, 3.63) is 29.8 Å². The number of rotatable bonds is 3. The van der Waals surface area contributed by atoms with Gasteiger partial charge in [0.25, 0.3) is 0 Å². The lowest BCUT2D eigenvalue weighted by Gasteiger charge is -2.17. The van der Waals surface area contributed by atoms with Gasteiger partial charge < -0.3 is 10.1 Å². The topological polar surface area (TPSA) is 38.3 Å². The van der Waals surface area contributed by atoms with Gasteiger partial charge in [0, 0.05) is 6.92 Å². The van der Waals surface area contributed by atoms with Gasteiger partial charge in [-0.3, -0.25) is 4.79 Å². The molecule has 1 aliphatic carbocycles. The van der Waals surface area contributed by atoms with Gasteiger partial charge in [-0.15, -0.1) is 13.2 Å². The van der Waals surface area contributed by atoms with E-state index in [1.165, 1.54) is 19.1 Å². The van der Waals surface area contributed by atoms with E-state index in [1.807, 2.05) is 0 Å². The first kappa shape index (κ1) is 12.7. The van der Waals surface area contributed by atoms with E-state index in [-0.39, 0.29) is 11.7 Å². The molecule has 3 nitrogen and oxygen atoms in total. The standard InChI is InChI=1S/C12H12F3NO2/c1-8(17)16-11(6-7-11)9-2-4-10(5-3-9)18-12(13,14)15/h2-5H,6-7H2,1H3,(H,16,17). The molecule has 0 aliphatic heterocycles. The molecule has 0 atom stereocenters. The lowest BCUT2D eigenvalue weighted by atomic mass is 10.0. The van der Waals surface area contributed by atoms with E-state index in [0.29, 0.717) is 0 Å². The third-order valence-electron chi connectivity index (χ3n) is 2.81. The van der Waals surface area contributed by atoms with Gasteiger partial charge in [0.1, 0.15) is 5.75 Å². The predicted octanol–water partition coefficient (Wildman–Crippen LogP) is 2.71. The third-order valence-corrected chi connectivity index (χ3v) is 2.81. The van der Waals surface area contributed by atoms with Crippen LogP contribution in [0, 0.1) is 0 Å². The zero-order valence-corrected chi connectivity index (χ0v) is 9.67. The fraction of sp³-hybridized carbons (Fsp3) is 0.417. The van der Waals surface area contributed by atoms with Crippen LogP contribution in [0.25, 0.3) is 0 Å². The summed E-state index contributed by atoms with van der Waals surface area (Å²) >= 11 is 0. The van der Waals surface area contributed by atoms with Crippen LogP contribution in [0.15, 0.2) is 24.3 Å². The second kappa shape index (κ2) is 4.19. The highest BCUT2D eigenvalue weighted by Gasteiger charge is 2.45. The molecule has 1 N–H and O–H groups in total. The second-order valence-electron chi connectivity index (χ2n) is 4.34. The van der Waals surface area contributed by atoms with Gasteiger partial charge in [0.05, 0.1) is 5.54 Å². The summed E-state index contributed by atoms with van der Waals surface area (Å²) in [5, 5.41) is 2.81. The van der Waals surface area contributed by atoms with Crippen molar-refractivity contribution in [1.82, 2.24) is 5.32 Å². The molecule has 1 aromatic rings. The van der Waals surface area contributed by atoms with Crippen molar-refractivity contribution in [2.75, 3.05) is 0 Å². The zero-order chi connectivity index (χ0) is 13.4. The summed E-state index contributed by atoms with van der Waals surface area (Å²) in [4.78, 5) is 11.0. The van der Waals surface area contributed by atoms with Gasteiger partial charge >= 0.3 is 6.36 Å². The van der Waals surface area contributed by atoms with Crippen LogP contribution in [0.4, 0.5) is 13.2 Å². The van der Waals surface area contributed by atoms with Gasteiger partial charge in [-0.1, -0.05) is 12.1 Å². The number of hydrogen-bond donors (Lipinski definition) is 1. The summed E-state index contributed by atoms with van der Waals surface area (Å²) in [7, 11) is 0. The van der Waals surface area contributed by atoms with Crippen LogP contribution in [-0.4, -0.2) is 12.3 Å². The average Bonchev–Trinajstić information content (AvgIpc) is 2.96. The minimum Gasteiger partial charge on any atom is -0.406 e. The van der Waals surface area contributed by atoms with E-state index in [4.69, 9.17) is 0 Å². The number of carbonyl (C=O) groups excluding carboxylic acids is 1. The molecule has 0 spiro atoms. The van der Waals surface area contributed by atoms with Crippen LogP contribution in [0.3, 0.4) is 0 Å². The Hall–Kier alpha value is -1.72. The molecule has 0 unspecified atom stereocenters. The van der Waals surface area contributed by atoms with E-state index in [9.17, 15) is 18.0 Å². The molecular formula is C12H12F3NO2. The maximum atomic E-state index is 12.0. The Morgan fingerprint density at radius 1 is 1.28 bits per heavy atom. The zero-order valence-electron chi connectivity index (χ0n) is 9.67. The highest BCUT2D eigenvalue weighted by Crippen LogP contribution is 2.45. The van der Waals surface area contributed by atoms with E-state index in [2.05, 4.69) is 10.1 Å². The normalized spacial score (nSPS) is 17.1. The molecule has 18 heavy (non-hydrogen) atoms. The second-order valence-corrected chi connectivity index (χ2v) is 4.34. The Morgan fingerprint density at radius 2 is 1.83 bits per heavy atom. The highest BCUT2D eigenvalue weighted by atomic mass is 19.4. The highest BCUT2D eigenvalue weighted by molar-refractivity contribution is 5.74. The van der Waals surface area contributed by atoms with E-state index in [1.54, 1.807) is 12.1 Å². The number of nitrogens with one attached hydrogen (secondary N) is 1. The van der Waals surface area contributed by atoms with Gasteiger partial charge in [0.15, 0.2) is 0 Å². The Labute approximate surface area is 102 Å². The van der Waals surface area contributed by atoms with Crippen LogP contribution in [0.1, 0.15) is 25.3 Å². The molecule has 1 aromatic carbocycles. The molecule has 1 aliphatic rings. The molecule has 0 heterocycles. The molecule has 1 fully saturated rings. The van der Waals surface area contributed by atoms with Crippen molar-refractivity contribution in [1.29, 1.82) is 0 Å². The van der Waals surface area contributed by atoms with Crippen molar-refractivity contribution < 1.29 is 22.7 Å². The monoisotopic (exact) mass is 259 g/mol. The fourth-order valence-corrected chi connectivity index (χ4v) is 1.92.